The van der Waals surface area contributed by atoms with Gasteiger partial charge in [-0.3, -0.25) is 10.2 Å². The SMILES string of the molecule is Cn1cc(-c2ccc(C(=N)N)cc2)nc1-c1ccc(CCC(=O)OCOC(=O)c2ccccc2)cc1. The van der Waals surface area contributed by atoms with Crippen LogP contribution < -0.4 is 5.73 Å². The summed E-state index contributed by atoms with van der Waals surface area (Å²) in [6.07, 6.45) is 2.62. The van der Waals surface area contributed by atoms with Gasteiger partial charge in [0.1, 0.15) is 11.7 Å². The lowest BCUT2D eigenvalue weighted by Crippen LogP contribution is -2.13. The fourth-order valence-corrected chi connectivity index (χ4v) is 3.64. The number of imidazole rings is 1. The molecule has 182 valence electrons. The molecule has 0 atom stereocenters. The predicted octanol–water partition coefficient (Wildman–Crippen LogP) is 4.33. The van der Waals surface area contributed by atoms with Crippen LogP contribution in [0.5, 0.6) is 0 Å². The number of ether oxygens (including phenoxy) is 2. The Morgan fingerprint density at radius 2 is 1.56 bits per heavy atom. The molecule has 0 unspecified atom stereocenters. The van der Waals surface area contributed by atoms with Crippen LogP contribution in [-0.4, -0.2) is 34.1 Å². The van der Waals surface area contributed by atoms with E-state index in [0.29, 0.717) is 17.5 Å². The molecule has 8 heteroatoms. The van der Waals surface area contributed by atoms with Gasteiger partial charge < -0.3 is 19.8 Å². The van der Waals surface area contributed by atoms with Crippen molar-refractivity contribution in [2.24, 2.45) is 12.8 Å². The molecule has 0 aliphatic heterocycles. The van der Waals surface area contributed by atoms with Gasteiger partial charge in [0.25, 0.3) is 0 Å². The maximum atomic E-state index is 12.0. The van der Waals surface area contributed by atoms with E-state index in [0.717, 1.165) is 28.2 Å². The molecular weight excluding hydrogens is 456 g/mol. The summed E-state index contributed by atoms with van der Waals surface area (Å²) < 4.78 is 11.9. The van der Waals surface area contributed by atoms with Crippen LogP contribution in [0.25, 0.3) is 22.6 Å². The fraction of sp³-hybridized carbons (Fsp3) is 0.143. The van der Waals surface area contributed by atoms with Crippen LogP contribution in [0, 0.1) is 5.41 Å². The van der Waals surface area contributed by atoms with Crippen molar-refractivity contribution in [3.63, 3.8) is 0 Å². The first-order valence-corrected chi connectivity index (χ1v) is 11.4. The average molecular weight is 483 g/mol. The van der Waals surface area contributed by atoms with E-state index >= 15 is 0 Å². The highest BCUT2D eigenvalue weighted by Crippen LogP contribution is 2.25. The Kier molecular flexibility index (Phi) is 7.55. The van der Waals surface area contributed by atoms with Crippen LogP contribution in [0.15, 0.2) is 85.1 Å². The van der Waals surface area contributed by atoms with Crippen LogP contribution in [0.2, 0.25) is 0 Å². The molecule has 4 aromatic rings. The zero-order valence-corrected chi connectivity index (χ0v) is 19.8. The number of nitrogen functional groups attached to an aromatic ring is 1. The van der Waals surface area contributed by atoms with Gasteiger partial charge in [0.15, 0.2) is 0 Å². The maximum Gasteiger partial charge on any atom is 0.340 e. The number of benzene rings is 3. The topological polar surface area (TPSA) is 120 Å². The summed E-state index contributed by atoms with van der Waals surface area (Å²) in [5, 5.41) is 7.52. The first-order valence-electron chi connectivity index (χ1n) is 11.4. The maximum absolute atomic E-state index is 12.0. The molecule has 0 amide bonds. The van der Waals surface area contributed by atoms with E-state index in [4.69, 9.17) is 25.6 Å². The van der Waals surface area contributed by atoms with Crippen molar-refractivity contribution < 1.29 is 19.1 Å². The molecule has 0 saturated heterocycles. The third kappa shape index (κ3) is 6.04. The number of carbonyl (C=O) groups excluding carboxylic acids is 2. The third-order valence-corrected chi connectivity index (χ3v) is 5.62. The van der Waals surface area contributed by atoms with E-state index in [9.17, 15) is 9.59 Å². The van der Waals surface area contributed by atoms with E-state index in [2.05, 4.69) is 0 Å². The molecule has 8 nitrogen and oxygen atoms in total. The molecule has 36 heavy (non-hydrogen) atoms. The number of esters is 2. The Hall–Kier alpha value is -4.72. The molecule has 3 N–H and O–H groups in total. The second-order valence-electron chi connectivity index (χ2n) is 8.18. The number of carbonyl (C=O) groups is 2. The number of nitrogens with one attached hydrogen (secondary N) is 1. The molecular formula is C28H26N4O4. The molecule has 1 aromatic heterocycles. The Morgan fingerprint density at radius 1 is 0.889 bits per heavy atom. The molecule has 0 bridgehead atoms. The van der Waals surface area contributed by atoms with E-state index in [1.807, 2.05) is 54.2 Å². The first-order chi connectivity index (χ1) is 17.4. The lowest BCUT2D eigenvalue weighted by atomic mass is 10.1. The van der Waals surface area contributed by atoms with Gasteiger partial charge in [-0.1, -0.05) is 66.7 Å². The molecule has 0 fully saturated rings. The lowest BCUT2D eigenvalue weighted by molar-refractivity contribution is -0.152. The van der Waals surface area contributed by atoms with Crippen LogP contribution in [0.3, 0.4) is 0 Å². The quantitative estimate of drug-likeness (QED) is 0.159. The number of nitrogens with two attached hydrogens (primary N) is 1. The summed E-state index contributed by atoms with van der Waals surface area (Å²) in [6.45, 7) is -0.412. The number of hydrogen-bond donors (Lipinski definition) is 2. The minimum Gasteiger partial charge on any atom is -0.428 e. The average Bonchev–Trinajstić information content (AvgIpc) is 3.29. The van der Waals surface area contributed by atoms with Crippen LogP contribution in [0.1, 0.15) is 27.9 Å². The molecule has 4 rings (SSSR count). The normalized spacial score (nSPS) is 10.6. The summed E-state index contributed by atoms with van der Waals surface area (Å²) in [7, 11) is 1.93. The Morgan fingerprint density at radius 3 is 2.22 bits per heavy atom. The van der Waals surface area contributed by atoms with Gasteiger partial charge in [0, 0.05) is 36.4 Å². The van der Waals surface area contributed by atoms with Crippen molar-refractivity contribution in [2.45, 2.75) is 12.8 Å². The van der Waals surface area contributed by atoms with Crippen LogP contribution in [0.4, 0.5) is 0 Å². The number of hydrogen-bond acceptors (Lipinski definition) is 6. The molecule has 1 heterocycles. The second-order valence-corrected chi connectivity index (χ2v) is 8.18. The molecule has 0 spiro atoms. The van der Waals surface area contributed by atoms with Gasteiger partial charge >= 0.3 is 11.9 Å². The Labute approximate surface area is 208 Å². The van der Waals surface area contributed by atoms with Gasteiger partial charge in [-0.2, -0.15) is 0 Å². The lowest BCUT2D eigenvalue weighted by Gasteiger charge is -2.07. The number of aryl methyl sites for hydroxylation is 2. The monoisotopic (exact) mass is 482 g/mol. The van der Waals surface area contributed by atoms with E-state index in [1.54, 1.807) is 42.5 Å². The summed E-state index contributed by atoms with van der Waals surface area (Å²) >= 11 is 0. The molecule has 0 radical (unpaired) electrons. The van der Waals surface area contributed by atoms with Gasteiger partial charge in [-0.25, -0.2) is 9.78 Å². The highest BCUT2D eigenvalue weighted by atomic mass is 16.7. The molecule has 3 aromatic carbocycles. The summed E-state index contributed by atoms with van der Waals surface area (Å²) in [6, 6.07) is 23.8. The largest absolute Gasteiger partial charge is 0.428 e. The van der Waals surface area contributed by atoms with Gasteiger partial charge in [0.05, 0.1) is 11.3 Å². The fourth-order valence-electron chi connectivity index (χ4n) is 3.64. The third-order valence-electron chi connectivity index (χ3n) is 5.62. The van der Waals surface area contributed by atoms with E-state index in [1.165, 1.54) is 0 Å². The zero-order chi connectivity index (χ0) is 25.5. The molecule has 0 aliphatic carbocycles. The van der Waals surface area contributed by atoms with Gasteiger partial charge in [-0.05, 0) is 24.1 Å². The highest BCUT2D eigenvalue weighted by Gasteiger charge is 2.11. The van der Waals surface area contributed by atoms with Crippen molar-refractivity contribution in [2.75, 3.05) is 6.79 Å². The van der Waals surface area contributed by atoms with Crippen LogP contribution >= 0.6 is 0 Å². The number of nitrogens with zero attached hydrogens (tertiary/aromatic N) is 2. The van der Waals surface area contributed by atoms with Crippen molar-refractivity contribution in [3.8, 4) is 22.6 Å². The van der Waals surface area contributed by atoms with Crippen molar-refractivity contribution in [3.05, 3.63) is 102 Å². The predicted molar refractivity (Wildman–Crippen MR) is 136 cm³/mol. The summed E-state index contributed by atoms with van der Waals surface area (Å²) in [4.78, 5) is 28.6. The van der Waals surface area contributed by atoms with Gasteiger partial charge in [0.2, 0.25) is 6.79 Å². The first kappa shape index (κ1) is 24.4. The summed E-state index contributed by atoms with van der Waals surface area (Å²) in [5.74, 6) is -0.135. The molecule has 0 saturated carbocycles. The summed E-state index contributed by atoms with van der Waals surface area (Å²) in [5.41, 5.74) is 10.3. The smallest absolute Gasteiger partial charge is 0.340 e. The second kappa shape index (κ2) is 11.1. The van der Waals surface area contributed by atoms with E-state index in [-0.39, 0.29) is 12.3 Å². The number of amidine groups is 1. The Bertz CT molecular complexity index is 1360. The minimum atomic E-state index is -0.537. The highest BCUT2D eigenvalue weighted by molar-refractivity contribution is 5.95. The van der Waals surface area contributed by atoms with Crippen molar-refractivity contribution in [1.82, 2.24) is 9.55 Å². The molecule has 0 aliphatic rings. The number of rotatable bonds is 9. The standard InChI is InChI=1S/C28H26N4O4/c1-32-17-24(20-12-14-21(15-13-20)26(29)30)31-27(32)22-10-7-19(8-11-22)9-16-25(33)35-18-36-28(34)23-5-3-2-4-6-23/h2-8,10-15,17H,9,16,18H2,1H3,(H3,29,30). The van der Waals surface area contributed by atoms with E-state index < -0.39 is 18.7 Å². The minimum absolute atomic E-state index is 0.0307. The zero-order valence-electron chi connectivity index (χ0n) is 19.8. The number of aromatic nitrogens is 2. The Balaban J connectivity index is 1.29. The van der Waals surface area contributed by atoms with Crippen molar-refractivity contribution in [1.29, 1.82) is 5.41 Å². The van der Waals surface area contributed by atoms with Crippen LogP contribution in [-0.2, 0) is 27.7 Å². The van der Waals surface area contributed by atoms with Crippen molar-refractivity contribution >= 4 is 17.8 Å². The van der Waals surface area contributed by atoms with Gasteiger partial charge in [-0.15, -0.1) is 0 Å².